The van der Waals surface area contributed by atoms with Crippen molar-refractivity contribution < 1.29 is 28.2 Å². The SMILES string of the molecule is CC(C)(C)OC(=O)NC[C@]1(O)CC[C@@H](S(C)(=O)=O)C[C@H]1O. The number of sulfone groups is 1. The Bertz CT molecular complexity index is 483. The van der Waals surface area contributed by atoms with Crippen molar-refractivity contribution in [2.75, 3.05) is 12.8 Å². The molecule has 0 unspecified atom stereocenters. The van der Waals surface area contributed by atoms with E-state index in [0.717, 1.165) is 6.26 Å². The highest BCUT2D eigenvalue weighted by Crippen LogP contribution is 2.31. The summed E-state index contributed by atoms with van der Waals surface area (Å²) in [6, 6.07) is 0. The number of rotatable bonds is 3. The van der Waals surface area contributed by atoms with Gasteiger partial charge in [0.15, 0.2) is 0 Å². The zero-order chi connectivity index (χ0) is 16.5. The Labute approximate surface area is 125 Å². The van der Waals surface area contributed by atoms with Crippen LogP contribution in [-0.2, 0) is 14.6 Å². The van der Waals surface area contributed by atoms with Gasteiger partial charge in [-0.15, -0.1) is 0 Å². The van der Waals surface area contributed by atoms with Gasteiger partial charge in [0.05, 0.1) is 17.9 Å². The van der Waals surface area contributed by atoms with Crippen LogP contribution in [0.4, 0.5) is 4.79 Å². The topological polar surface area (TPSA) is 113 Å². The fraction of sp³-hybridized carbons (Fsp3) is 0.923. The number of carbonyl (C=O) groups is 1. The molecule has 0 aliphatic heterocycles. The van der Waals surface area contributed by atoms with Crippen molar-refractivity contribution in [2.24, 2.45) is 0 Å². The smallest absolute Gasteiger partial charge is 0.407 e. The zero-order valence-electron chi connectivity index (χ0n) is 12.9. The summed E-state index contributed by atoms with van der Waals surface area (Å²) in [5.74, 6) is 0. The lowest BCUT2D eigenvalue weighted by molar-refractivity contribution is -0.0963. The van der Waals surface area contributed by atoms with Crippen LogP contribution in [-0.4, -0.2) is 60.1 Å². The molecule has 124 valence electrons. The molecule has 0 heterocycles. The number of aliphatic hydroxyl groups is 2. The van der Waals surface area contributed by atoms with Crippen LogP contribution in [0.15, 0.2) is 0 Å². The maximum atomic E-state index is 11.6. The molecule has 0 bridgehead atoms. The van der Waals surface area contributed by atoms with Crippen LogP contribution >= 0.6 is 0 Å². The molecule has 1 amide bonds. The number of alkyl carbamates (subject to hydrolysis) is 1. The molecule has 3 N–H and O–H groups in total. The molecule has 8 heteroatoms. The highest BCUT2D eigenvalue weighted by molar-refractivity contribution is 7.91. The monoisotopic (exact) mass is 323 g/mol. The predicted molar refractivity (Wildman–Crippen MR) is 77.7 cm³/mol. The van der Waals surface area contributed by atoms with Gasteiger partial charge in [0, 0.05) is 6.26 Å². The van der Waals surface area contributed by atoms with E-state index in [4.69, 9.17) is 4.74 Å². The van der Waals surface area contributed by atoms with Crippen molar-refractivity contribution >= 4 is 15.9 Å². The van der Waals surface area contributed by atoms with Crippen LogP contribution in [0.2, 0.25) is 0 Å². The minimum atomic E-state index is -3.25. The van der Waals surface area contributed by atoms with E-state index in [-0.39, 0.29) is 25.8 Å². The maximum Gasteiger partial charge on any atom is 0.407 e. The van der Waals surface area contributed by atoms with Gasteiger partial charge in [-0.05, 0) is 40.0 Å². The summed E-state index contributed by atoms with van der Waals surface area (Å²) in [6.45, 7) is 4.97. The van der Waals surface area contributed by atoms with E-state index >= 15 is 0 Å². The first-order valence-electron chi connectivity index (χ1n) is 6.90. The van der Waals surface area contributed by atoms with Crippen LogP contribution in [0.5, 0.6) is 0 Å². The molecule has 0 aromatic carbocycles. The number of ether oxygens (including phenoxy) is 1. The Balaban J connectivity index is 2.58. The van der Waals surface area contributed by atoms with Gasteiger partial charge in [-0.3, -0.25) is 0 Å². The predicted octanol–water partition coefficient (Wildman–Crippen LogP) is 0.200. The van der Waals surface area contributed by atoms with Crippen LogP contribution in [0.1, 0.15) is 40.0 Å². The van der Waals surface area contributed by atoms with E-state index in [1.165, 1.54) is 0 Å². The Morgan fingerprint density at radius 1 is 1.43 bits per heavy atom. The molecule has 3 atom stereocenters. The number of carbonyl (C=O) groups excluding carboxylic acids is 1. The molecule has 1 rings (SSSR count). The summed E-state index contributed by atoms with van der Waals surface area (Å²) < 4.78 is 28.0. The molecule has 0 saturated heterocycles. The van der Waals surface area contributed by atoms with E-state index in [1.807, 2.05) is 0 Å². The van der Waals surface area contributed by atoms with Crippen molar-refractivity contribution in [3.63, 3.8) is 0 Å². The lowest BCUT2D eigenvalue weighted by atomic mass is 9.82. The van der Waals surface area contributed by atoms with Crippen LogP contribution in [0.25, 0.3) is 0 Å². The number of hydrogen-bond acceptors (Lipinski definition) is 6. The lowest BCUT2D eigenvalue weighted by Crippen LogP contribution is -2.56. The molecule has 0 spiro atoms. The van der Waals surface area contributed by atoms with Gasteiger partial charge in [0.1, 0.15) is 21.0 Å². The second-order valence-corrected chi connectivity index (χ2v) is 9.03. The van der Waals surface area contributed by atoms with Crippen molar-refractivity contribution in [3.05, 3.63) is 0 Å². The summed E-state index contributed by atoms with van der Waals surface area (Å²) in [5.41, 5.74) is -2.18. The Morgan fingerprint density at radius 2 is 2.00 bits per heavy atom. The third-order valence-electron chi connectivity index (χ3n) is 3.55. The molecule has 21 heavy (non-hydrogen) atoms. The number of nitrogens with one attached hydrogen (secondary N) is 1. The lowest BCUT2D eigenvalue weighted by Gasteiger charge is -2.39. The van der Waals surface area contributed by atoms with Crippen molar-refractivity contribution in [3.8, 4) is 0 Å². The Hall–Kier alpha value is -0.860. The second kappa shape index (κ2) is 6.10. The molecule has 0 aromatic heterocycles. The Kier molecular flexibility index (Phi) is 5.28. The summed E-state index contributed by atoms with van der Waals surface area (Å²) >= 11 is 0. The van der Waals surface area contributed by atoms with Gasteiger partial charge in [0.2, 0.25) is 0 Å². The molecule has 7 nitrogen and oxygen atoms in total. The quantitative estimate of drug-likeness (QED) is 0.684. The fourth-order valence-corrected chi connectivity index (χ4v) is 3.38. The summed E-state index contributed by atoms with van der Waals surface area (Å²) in [4.78, 5) is 11.6. The van der Waals surface area contributed by atoms with Crippen molar-refractivity contribution in [2.45, 2.75) is 62.6 Å². The van der Waals surface area contributed by atoms with Gasteiger partial charge in [-0.25, -0.2) is 13.2 Å². The third kappa shape index (κ3) is 5.44. The normalized spacial score (nSPS) is 30.8. The highest BCUT2D eigenvalue weighted by atomic mass is 32.2. The van der Waals surface area contributed by atoms with Gasteiger partial charge in [0.25, 0.3) is 0 Å². The van der Waals surface area contributed by atoms with Gasteiger partial charge >= 0.3 is 6.09 Å². The zero-order valence-corrected chi connectivity index (χ0v) is 13.7. The first kappa shape index (κ1) is 18.2. The molecule has 1 saturated carbocycles. The van der Waals surface area contributed by atoms with Crippen LogP contribution in [0.3, 0.4) is 0 Å². The molecule has 1 aliphatic rings. The molecular weight excluding hydrogens is 298 g/mol. The Morgan fingerprint density at radius 3 is 2.43 bits per heavy atom. The average molecular weight is 323 g/mol. The van der Waals surface area contributed by atoms with Gasteiger partial charge < -0.3 is 20.3 Å². The van der Waals surface area contributed by atoms with Crippen molar-refractivity contribution in [1.29, 1.82) is 0 Å². The van der Waals surface area contributed by atoms with Crippen LogP contribution < -0.4 is 5.32 Å². The minimum Gasteiger partial charge on any atom is -0.444 e. The maximum absolute atomic E-state index is 11.6. The molecule has 1 fully saturated rings. The minimum absolute atomic E-state index is 0.0364. The van der Waals surface area contributed by atoms with Crippen LogP contribution in [0, 0.1) is 0 Å². The number of hydrogen-bond donors (Lipinski definition) is 3. The number of amides is 1. The highest BCUT2D eigenvalue weighted by Gasteiger charge is 2.44. The first-order chi connectivity index (χ1) is 9.33. The number of aliphatic hydroxyl groups excluding tert-OH is 1. The molecule has 0 aromatic rings. The van der Waals surface area contributed by atoms with E-state index in [0.29, 0.717) is 0 Å². The van der Waals surface area contributed by atoms with Crippen molar-refractivity contribution in [1.82, 2.24) is 5.32 Å². The van der Waals surface area contributed by atoms with E-state index < -0.39 is 38.5 Å². The molecular formula is C13H25NO6S. The standard InChI is InChI=1S/C13H25NO6S/c1-12(2,3)20-11(16)14-8-13(17)6-5-9(7-10(13)15)21(4,18)19/h9-10,15,17H,5-8H2,1-4H3,(H,14,16)/t9-,10-,13-/m1/s1. The van der Waals surface area contributed by atoms with Gasteiger partial charge in [-0.1, -0.05) is 0 Å². The van der Waals surface area contributed by atoms with E-state index in [1.54, 1.807) is 20.8 Å². The first-order valence-corrected chi connectivity index (χ1v) is 8.85. The summed E-state index contributed by atoms with van der Waals surface area (Å²) in [5, 5.41) is 22.1. The second-order valence-electron chi connectivity index (χ2n) is 6.70. The summed E-state index contributed by atoms with van der Waals surface area (Å²) in [6.07, 6.45) is -0.461. The van der Waals surface area contributed by atoms with E-state index in [2.05, 4.69) is 5.32 Å². The van der Waals surface area contributed by atoms with Gasteiger partial charge in [-0.2, -0.15) is 0 Å². The fourth-order valence-electron chi connectivity index (χ4n) is 2.30. The summed E-state index contributed by atoms with van der Waals surface area (Å²) in [7, 11) is -3.25. The third-order valence-corrected chi connectivity index (χ3v) is 5.19. The largest absolute Gasteiger partial charge is 0.444 e. The van der Waals surface area contributed by atoms with E-state index in [9.17, 15) is 23.4 Å². The molecule has 0 radical (unpaired) electrons. The molecule has 1 aliphatic carbocycles. The average Bonchev–Trinajstić information content (AvgIpc) is 2.27.